The number of aliphatic hydroxyl groups is 1. The third-order valence-electron chi connectivity index (χ3n) is 4.55. The molecule has 2 saturated carbocycles. The molecule has 1 N–H and O–H groups in total. The van der Waals surface area contributed by atoms with E-state index in [-0.39, 0.29) is 5.78 Å². The molecule has 2 aliphatic rings. The summed E-state index contributed by atoms with van der Waals surface area (Å²) in [6, 6.07) is 1.82. The van der Waals surface area contributed by atoms with Crippen LogP contribution in [0, 0.1) is 5.92 Å². The van der Waals surface area contributed by atoms with Crippen LogP contribution in [0.15, 0.2) is 12.3 Å². The summed E-state index contributed by atoms with van der Waals surface area (Å²) in [7, 11) is 0. The van der Waals surface area contributed by atoms with Crippen molar-refractivity contribution in [2.45, 2.75) is 63.9 Å². The van der Waals surface area contributed by atoms with Crippen LogP contribution in [0.2, 0.25) is 0 Å². The zero-order valence-corrected chi connectivity index (χ0v) is 13.3. The number of rotatable bonds is 9. The number of aliphatic hydroxyl groups excluding tert-OH is 1. The van der Waals surface area contributed by atoms with E-state index < -0.39 is 6.10 Å². The fourth-order valence-corrected chi connectivity index (χ4v) is 2.55. The molecule has 4 nitrogen and oxygen atoms in total. The first-order chi connectivity index (χ1) is 10.7. The second-order valence-corrected chi connectivity index (χ2v) is 6.66. The highest BCUT2D eigenvalue weighted by atomic mass is 16.5. The Kier molecular flexibility index (Phi) is 4.77. The van der Waals surface area contributed by atoms with E-state index in [0.29, 0.717) is 36.8 Å². The average molecular weight is 303 g/mol. The Balaban J connectivity index is 1.67. The summed E-state index contributed by atoms with van der Waals surface area (Å²) in [6.07, 6.45) is 7.83. The molecule has 1 aromatic heterocycles. The predicted octanol–water partition coefficient (Wildman–Crippen LogP) is 3.48. The zero-order chi connectivity index (χ0) is 15.5. The van der Waals surface area contributed by atoms with Crippen LogP contribution in [0.25, 0.3) is 0 Å². The third kappa shape index (κ3) is 4.07. The molecule has 0 spiro atoms. The van der Waals surface area contributed by atoms with Crippen LogP contribution in [0.1, 0.15) is 73.8 Å². The Morgan fingerprint density at radius 3 is 2.82 bits per heavy atom. The van der Waals surface area contributed by atoms with Gasteiger partial charge in [-0.2, -0.15) is 0 Å². The summed E-state index contributed by atoms with van der Waals surface area (Å²) in [5.74, 6) is 2.10. The maximum atomic E-state index is 12.2. The van der Waals surface area contributed by atoms with Gasteiger partial charge in [0, 0.05) is 24.2 Å². The summed E-state index contributed by atoms with van der Waals surface area (Å²) in [5.41, 5.74) is 1.63. The Labute approximate surface area is 131 Å². The van der Waals surface area contributed by atoms with Gasteiger partial charge in [0.05, 0.1) is 12.7 Å². The monoisotopic (exact) mass is 303 g/mol. The molecule has 4 heteroatoms. The summed E-state index contributed by atoms with van der Waals surface area (Å²) < 4.78 is 5.96. The van der Waals surface area contributed by atoms with E-state index in [1.807, 2.05) is 19.2 Å². The number of hydrogen-bond donors (Lipinski definition) is 1. The minimum atomic E-state index is -0.403. The SMILES string of the molecule is CCC(O)CCC(=O)c1cc(OCC2CC2)c(C2CC2)cn1. The van der Waals surface area contributed by atoms with Crippen LogP contribution in [-0.4, -0.2) is 28.6 Å². The molecule has 2 fully saturated rings. The number of nitrogens with zero attached hydrogens (tertiary/aromatic N) is 1. The van der Waals surface area contributed by atoms with Gasteiger partial charge in [0.25, 0.3) is 0 Å². The van der Waals surface area contributed by atoms with Crippen molar-refractivity contribution in [2.75, 3.05) is 6.61 Å². The van der Waals surface area contributed by atoms with Gasteiger partial charge in [-0.1, -0.05) is 6.92 Å². The lowest BCUT2D eigenvalue weighted by molar-refractivity contribution is 0.0932. The summed E-state index contributed by atoms with van der Waals surface area (Å²) in [6.45, 7) is 2.67. The molecular weight excluding hydrogens is 278 g/mol. The van der Waals surface area contributed by atoms with Crippen LogP contribution >= 0.6 is 0 Å². The minimum absolute atomic E-state index is 0.00822. The number of carbonyl (C=O) groups is 1. The predicted molar refractivity (Wildman–Crippen MR) is 84.3 cm³/mol. The van der Waals surface area contributed by atoms with E-state index in [4.69, 9.17) is 4.74 Å². The van der Waals surface area contributed by atoms with Crippen LogP contribution < -0.4 is 4.74 Å². The standard InChI is InChI=1S/C18H25NO3/c1-2-14(20)7-8-17(21)16-9-18(22-11-12-3-4-12)15(10-19-16)13-5-6-13/h9-10,12-14,20H,2-8,11H2,1H3. The van der Waals surface area contributed by atoms with E-state index in [0.717, 1.165) is 17.9 Å². The molecule has 22 heavy (non-hydrogen) atoms. The lowest BCUT2D eigenvalue weighted by Gasteiger charge is -2.12. The Hall–Kier alpha value is -1.42. The van der Waals surface area contributed by atoms with Crippen molar-refractivity contribution >= 4 is 5.78 Å². The molecule has 0 bridgehead atoms. The first-order valence-electron chi connectivity index (χ1n) is 8.51. The maximum absolute atomic E-state index is 12.2. The molecule has 3 rings (SSSR count). The van der Waals surface area contributed by atoms with E-state index in [9.17, 15) is 9.90 Å². The fraction of sp³-hybridized carbons (Fsp3) is 0.667. The molecule has 0 aliphatic heterocycles. The van der Waals surface area contributed by atoms with Gasteiger partial charge in [-0.15, -0.1) is 0 Å². The van der Waals surface area contributed by atoms with E-state index in [1.54, 1.807) is 0 Å². The number of ether oxygens (including phenoxy) is 1. The zero-order valence-electron chi connectivity index (χ0n) is 13.3. The highest BCUT2D eigenvalue weighted by Gasteiger charge is 2.29. The fourth-order valence-electron chi connectivity index (χ4n) is 2.55. The van der Waals surface area contributed by atoms with Crippen LogP contribution in [0.5, 0.6) is 5.75 Å². The highest BCUT2D eigenvalue weighted by molar-refractivity contribution is 5.94. The smallest absolute Gasteiger partial charge is 0.181 e. The number of hydrogen-bond acceptors (Lipinski definition) is 4. The summed E-state index contributed by atoms with van der Waals surface area (Å²) >= 11 is 0. The first kappa shape index (κ1) is 15.5. The van der Waals surface area contributed by atoms with Gasteiger partial charge in [0.2, 0.25) is 0 Å². The van der Waals surface area contributed by atoms with Crippen molar-refractivity contribution in [1.82, 2.24) is 4.98 Å². The van der Waals surface area contributed by atoms with Crippen LogP contribution in [0.4, 0.5) is 0 Å². The van der Waals surface area contributed by atoms with E-state index >= 15 is 0 Å². The number of aromatic nitrogens is 1. The Bertz CT molecular complexity index is 535. The van der Waals surface area contributed by atoms with Crippen molar-refractivity contribution in [3.8, 4) is 5.75 Å². The Morgan fingerprint density at radius 2 is 2.18 bits per heavy atom. The molecule has 1 heterocycles. The molecule has 0 radical (unpaired) electrons. The summed E-state index contributed by atoms with van der Waals surface area (Å²) in [4.78, 5) is 16.6. The normalized spacial score (nSPS) is 19.0. The van der Waals surface area contributed by atoms with Crippen LogP contribution in [-0.2, 0) is 0 Å². The van der Waals surface area contributed by atoms with Crippen molar-refractivity contribution in [1.29, 1.82) is 0 Å². The molecule has 2 aliphatic carbocycles. The first-order valence-corrected chi connectivity index (χ1v) is 8.51. The van der Waals surface area contributed by atoms with Crippen molar-refractivity contribution in [2.24, 2.45) is 5.92 Å². The molecule has 1 aromatic rings. The lowest BCUT2D eigenvalue weighted by atomic mass is 10.1. The molecule has 0 amide bonds. The van der Waals surface area contributed by atoms with E-state index in [2.05, 4.69) is 4.98 Å². The lowest BCUT2D eigenvalue weighted by Crippen LogP contribution is -2.11. The molecule has 1 unspecified atom stereocenters. The van der Waals surface area contributed by atoms with Gasteiger partial charge in [-0.05, 0) is 50.4 Å². The minimum Gasteiger partial charge on any atom is -0.493 e. The number of Topliss-reactive ketones (excluding diaryl/α,β-unsaturated/α-hetero) is 1. The maximum Gasteiger partial charge on any atom is 0.181 e. The van der Waals surface area contributed by atoms with Gasteiger partial charge in [-0.25, -0.2) is 0 Å². The molecule has 0 aromatic carbocycles. The van der Waals surface area contributed by atoms with Gasteiger partial charge >= 0.3 is 0 Å². The van der Waals surface area contributed by atoms with Crippen molar-refractivity contribution < 1.29 is 14.6 Å². The molecule has 0 saturated heterocycles. The van der Waals surface area contributed by atoms with Crippen molar-refractivity contribution in [3.63, 3.8) is 0 Å². The topological polar surface area (TPSA) is 59.4 Å². The third-order valence-corrected chi connectivity index (χ3v) is 4.55. The van der Waals surface area contributed by atoms with E-state index in [1.165, 1.54) is 25.7 Å². The number of pyridine rings is 1. The largest absolute Gasteiger partial charge is 0.493 e. The molecule has 120 valence electrons. The van der Waals surface area contributed by atoms with Crippen molar-refractivity contribution in [3.05, 3.63) is 23.5 Å². The highest BCUT2D eigenvalue weighted by Crippen LogP contribution is 2.44. The molecule has 1 atom stereocenters. The summed E-state index contributed by atoms with van der Waals surface area (Å²) in [5, 5.41) is 9.59. The van der Waals surface area contributed by atoms with Gasteiger partial charge in [0.1, 0.15) is 11.4 Å². The van der Waals surface area contributed by atoms with Gasteiger partial charge in [-0.3, -0.25) is 9.78 Å². The Morgan fingerprint density at radius 1 is 1.41 bits per heavy atom. The van der Waals surface area contributed by atoms with Gasteiger partial charge in [0.15, 0.2) is 5.78 Å². The number of carbonyl (C=O) groups excluding carboxylic acids is 1. The average Bonchev–Trinajstić information content (AvgIpc) is 3.42. The second kappa shape index (κ2) is 6.78. The van der Waals surface area contributed by atoms with Gasteiger partial charge < -0.3 is 9.84 Å². The molecular formula is C18H25NO3. The second-order valence-electron chi connectivity index (χ2n) is 6.66. The van der Waals surface area contributed by atoms with Crippen LogP contribution in [0.3, 0.4) is 0 Å². The number of ketones is 1. The quantitative estimate of drug-likeness (QED) is 0.710.